The van der Waals surface area contributed by atoms with Crippen molar-refractivity contribution in [3.8, 4) is 0 Å². The summed E-state index contributed by atoms with van der Waals surface area (Å²) >= 11 is 0. The number of fused-ring (bicyclic) bond motifs is 1. The fourth-order valence-corrected chi connectivity index (χ4v) is 3.52. The zero-order valence-electron chi connectivity index (χ0n) is 16.3. The maximum absolute atomic E-state index is 12.9. The number of carbonyl (C=O) groups excluding carboxylic acids is 1. The molecule has 0 fully saturated rings. The van der Waals surface area contributed by atoms with Crippen LogP contribution in [0.4, 0.5) is 0 Å². The molecule has 0 heterocycles. The number of ketones is 1. The van der Waals surface area contributed by atoms with Crippen molar-refractivity contribution in [2.45, 2.75) is 66.2 Å². The highest BCUT2D eigenvalue weighted by Crippen LogP contribution is 2.27. The van der Waals surface area contributed by atoms with Crippen molar-refractivity contribution >= 4 is 17.9 Å². The van der Waals surface area contributed by atoms with Crippen LogP contribution in [0.2, 0.25) is 0 Å². The van der Waals surface area contributed by atoms with E-state index in [1.807, 2.05) is 0 Å². The third-order valence-corrected chi connectivity index (χ3v) is 5.10. The standard InChI is InChI=1S/C24H32O/c1-5-10-23(24(25)20(6-2)7-3)17-19-14-13-18(4)15-21-11-8-9-12-22(21)16-19/h8-9,11-12,15-17,20H,5-7,10,13-14H2,1-4H3/b18-15?,19-16+,23-17+. The Bertz CT molecular complexity index is 684. The van der Waals surface area contributed by atoms with Gasteiger partial charge in [0.15, 0.2) is 5.78 Å². The normalized spacial score (nSPS) is 17.2. The molecule has 0 amide bonds. The van der Waals surface area contributed by atoms with E-state index in [2.05, 4.69) is 70.2 Å². The second-order valence-corrected chi connectivity index (χ2v) is 7.14. The quantitative estimate of drug-likeness (QED) is 0.490. The molecule has 0 spiro atoms. The molecule has 1 aliphatic rings. The number of allylic oxidation sites excluding steroid dienone is 4. The first kappa shape index (κ1) is 19.4. The summed E-state index contributed by atoms with van der Waals surface area (Å²) in [5.41, 5.74) is 6.21. The largest absolute Gasteiger partial charge is 0.294 e. The topological polar surface area (TPSA) is 17.1 Å². The van der Waals surface area contributed by atoms with Crippen LogP contribution in [0.5, 0.6) is 0 Å². The second kappa shape index (κ2) is 9.56. The lowest BCUT2D eigenvalue weighted by Gasteiger charge is -2.16. The summed E-state index contributed by atoms with van der Waals surface area (Å²) < 4.78 is 0. The molecule has 0 saturated heterocycles. The number of benzene rings is 1. The molecule has 1 nitrogen and oxygen atoms in total. The molecule has 1 aromatic carbocycles. The Balaban J connectivity index is 2.41. The Hall–Kier alpha value is -1.89. The van der Waals surface area contributed by atoms with Crippen LogP contribution < -0.4 is 0 Å². The van der Waals surface area contributed by atoms with Crippen LogP contribution in [-0.2, 0) is 4.79 Å². The van der Waals surface area contributed by atoms with Gasteiger partial charge in [0.25, 0.3) is 0 Å². The fraction of sp³-hybridized carbons (Fsp3) is 0.458. The van der Waals surface area contributed by atoms with E-state index >= 15 is 0 Å². The van der Waals surface area contributed by atoms with E-state index in [0.29, 0.717) is 5.78 Å². The molecule has 25 heavy (non-hydrogen) atoms. The van der Waals surface area contributed by atoms with Gasteiger partial charge in [0, 0.05) is 5.92 Å². The molecule has 0 N–H and O–H groups in total. The third-order valence-electron chi connectivity index (χ3n) is 5.10. The van der Waals surface area contributed by atoms with Crippen molar-refractivity contribution in [2.24, 2.45) is 5.92 Å². The molecule has 2 rings (SSSR count). The summed E-state index contributed by atoms with van der Waals surface area (Å²) in [6, 6.07) is 8.52. The van der Waals surface area contributed by atoms with E-state index in [0.717, 1.165) is 44.1 Å². The molecule has 0 aromatic heterocycles. The van der Waals surface area contributed by atoms with Crippen LogP contribution in [0.15, 0.2) is 47.1 Å². The Morgan fingerprint density at radius 1 is 1.04 bits per heavy atom. The lowest BCUT2D eigenvalue weighted by molar-refractivity contribution is -0.119. The SMILES string of the molecule is CCC/C(=C\C1=C\c2ccccc2C=C(C)CC1)C(=O)C(CC)CC. The molecular formula is C24H32O. The van der Waals surface area contributed by atoms with Gasteiger partial charge in [-0.15, -0.1) is 0 Å². The summed E-state index contributed by atoms with van der Waals surface area (Å²) in [4.78, 5) is 12.9. The highest BCUT2D eigenvalue weighted by atomic mass is 16.1. The Morgan fingerprint density at radius 3 is 2.28 bits per heavy atom. The van der Waals surface area contributed by atoms with Gasteiger partial charge in [0.1, 0.15) is 0 Å². The lowest BCUT2D eigenvalue weighted by Crippen LogP contribution is -2.15. The molecule has 0 atom stereocenters. The second-order valence-electron chi connectivity index (χ2n) is 7.14. The minimum atomic E-state index is 0.167. The first-order valence-electron chi connectivity index (χ1n) is 9.80. The van der Waals surface area contributed by atoms with Crippen LogP contribution in [0.1, 0.15) is 77.3 Å². The average Bonchev–Trinajstić information content (AvgIpc) is 2.60. The van der Waals surface area contributed by atoms with Crippen LogP contribution in [0.3, 0.4) is 0 Å². The molecule has 1 aromatic rings. The van der Waals surface area contributed by atoms with Crippen molar-refractivity contribution in [3.63, 3.8) is 0 Å². The van der Waals surface area contributed by atoms with Gasteiger partial charge in [0.05, 0.1) is 0 Å². The van der Waals surface area contributed by atoms with E-state index in [-0.39, 0.29) is 5.92 Å². The number of rotatable bonds is 7. The van der Waals surface area contributed by atoms with Gasteiger partial charge in [-0.05, 0) is 61.3 Å². The maximum atomic E-state index is 12.9. The van der Waals surface area contributed by atoms with Gasteiger partial charge in [-0.25, -0.2) is 0 Å². The maximum Gasteiger partial charge on any atom is 0.161 e. The van der Waals surface area contributed by atoms with Crippen molar-refractivity contribution in [3.05, 3.63) is 58.2 Å². The highest BCUT2D eigenvalue weighted by Gasteiger charge is 2.18. The van der Waals surface area contributed by atoms with Crippen molar-refractivity contribution in [1.82, 2.24) is 0 Å². The van der Waals surface area contributed by atoms with E-state index in [1.54, 1.807) is 0 Å². The summed E-state index contributed by atoms with van der Waals surface area (Å²) in [5, 5.41) is 0. The predicted molar refractivity (Wildman–Crippen MR) is 109 cm³/mol. The number of hydrogen-bond acceptors (Lipinski definition) is 1. The van der Waals surface area contributed by atoms with E-state index < -0.39 is 0 Å². The summed E-state index contributed by atoms with van der Waals surface area (Å²) in [6.45, 7) is 8.60. The van der Waals surface area contributed by atoms with Gasteiger partial charge in [0.2, 0.25) is 0 Å². The van der Waals surface area contributed by atoms with Crippen LogP contribution in [-0.4, -0.2) is 5.78 Å². The van der Waals surface area contributed by atoms with Crippen molar-refractivity contribution in [2.75, 3.05) is 0 Å². The Labute approximate surface area is 153 Å². The molecule has 134 valence electrons. The Kier molecular flexibility index (Phi) is 7.43. The van der Waals surface area contributed by atoms with Gasteiger partial charge in [-0.2, -0.15) is 0 Å². The van der Waals surface area contributed by atoms with E-state index in [4.69, 9.17) is 0 Å². The minimum Gasteiger partial charge on any atom is -0.294 e. The molecule has 0 bridgehead atoms. The predicted octanol–water partition coefficient (Wildman–Crippen LogP) is 7.00. The smallest absolute Gasteiger partial charge is 0.161 e. The average molecular weight is 337 g/mol. The molecule has 0 saturated carbocycles. The summed E-state index contributed by atoms with van der Waals surface area (Å²) in [5.74, 6) is 0.524. The first-order chi connectivity index (χ1) is 12.1. The molecule has 0 unspecified atom stereocenters. The van der Waals surface area contributed by atoms with E-state index in [1.165, 1.54) is 22.3 Å². The van der Waals surface area contributed by atoms with Gasteiger partial charge >= 0.3 is 0 Å². The molecule has 1 aliphatic carbocycles. The molecule has 1 heteroatoms. The van der Waals surface area contributed by atoms with Crippen LogP contribution in [0.25, 0.3) is 12.2 Å². The lowest BCUT2D eigenvalue weighted by atomic mass is 9.88. The van der Waals surface area contributed by atoms with Crippen molar-refractivity contribution < 1.29 is 4.79 Å². The zero-order chi connectivity index (χ0) is 18.2. The Morgan fingerprint density at radius 2 is 1.68 bits per heavy atom. The van der Waals surface area contributed by atoms with Gasteiger partial charge in [-0.3, -0.25) is 4.79 Å². The minimum absolute atomic E-state index is 0.167. The third kappa shape index (κ3) is 5.29. The number of carbonyl (C=O) groups is 1. The summed E-state index contributed by atoms with van der Waals surface area (Å²) in [7, 11) is 0. The van der Waals surface area contributed by atoms with Crippen LogP contribution in [0, 0.1) is 5.92 Å². The van der Waals surface area contributed by atoms with E-state index in [9.17, 15) is 4.79 Å². The number of Topliss-reactive ketones (excluding diaryl/α,β-unsaturated/α-hetero) is 1. The first-order valence-corrected chi connectivity index (χ1v) is 9.80. The monoisotopic (exact) mass is 336 g/mol. The van der Waals surface area contributed by atoms with Crippen LogP contribution >= 0.6 is 0 Å². The number of hydrogen-bond donors (Lipinski definition) is 0. The van der Waals surface area contributed by atoms with Crippen molar-refractivity contribution in [1.29, 1.82) is 0 Å². The molecular weight excluding hydrogens is 304 g/mol. The molecule has 0 radical (unpaired) electrons. The highest BCUT2D eigenvalue weighted by molar-refractivity contribution is 5.97. The fourth-order valence-electron chi connectivity index (χ4n) is 3.52. The van der Waals surface area contributed by atoms with Gasteiger partial charge < -0.3 is 0 Å². The molecule has 0 aliphatic heterocycles. The zero-order valence-corrected chi connectivity index (χ0v) is 16.3. The van der Waals surface area contributed by atoms with Gasteiger partial charge in [-0.1, -0.05) is 75.3 Å². The summed E-state index contributed by atoms with van der Waals surface area (Å²) in [6.07, 6.45) is 12.6.